The highest BCUT2D eigenvalue weighted by Crippen LogP contribution is 2.24. The van der Waals surface area contributed by atoms with Crippen molar-refractivity contribution in [3.05, 3.63) is 24.0 Å². The van der Waals surface area contributed by atoms with E-state index < -0.39 is 5.82 Å². The summed E-state index contributed by atoms with van der Waals surface area (Å²) in [6, 6.07) is 4.34. The third-order valence-corrected chi connectivity index (χ3v) is 4.08. The highest BCUT2D eigenvalue weighted by atomic mass is 19.1. The van der Waals surface area contributed by atoms with Gasteiger partial charge in [0.05, 0.1) is 7.11 Å². The van der Waals surface area contributed by atoms with E-state index in [1.165, 1.54) is 32.1 Å². The van der Waals surface area contributed by atoms with Gasteiger partial charge in [-0.05, 0) is 49.9 Å². The number of rotatable bonds is 5. The number of anilines is 1. The number of hydrogen-bond donors (Lipinski definition) is 2. The molecule has 1 aliphatic rings. The predicted octanol–water partition coefficient (Wildman–Crippen LogP) is 2.80. The van der Waals surface area contributed by atoms with E-state index in [1.807, 2.05) is 0 Å². The molecule has 1 amide bonds. The summed E-state index contributed by atoms with van der Waals surface area (Å²) >= 11 is 0. The smallest absolute Gasteiger partial charge is 0.224 e. The normalized spacial score (nSPS) is 19.9. The quantitative estimate of drug-likeness (QED) is 0.878. The number of nitrogens with one attached hydrogen (secondary N) is 2. The maximum atomic E-state index is 13.3. The molecule has 1 aliphatic heterocycles. The fourth-order valence-corrected chi connectivity index (χ4v) is 2.77. The molecule has 2 rings (SSSR count). The van der Waals surface area contributed by atoms with E-state index in [-0.39, 0.29) is 11.7 Å². The molecule has 5 heteroatoms. The predicted molar refractivity (Wildman–Crippen MR) is 81.0 cm³/mol. The fraction of sp³-hybridized carbons (Fsp3) is 0.562. The molecular weight excluding hydrogens is 271 g/mol. The van der Waals surface area contributed by atoms with Crippen molar-refractivity contribution >= 4 is 11.6 Å². The summed E-state index contributed by atoms with van der Waals surface area (Å²) in [6.07, 6.45) is 2.82. The number of amides is 1. The van der Waals surface area contributed by atoms with Gasteiger partial charge in [0, 0.05) is 18.2 Å². The van der Waals surface area contributed by atoms with E-state index in [4.69, 9.17) is 4.74 Å². The monoisotopic (exact) mass is 294 g/mol. The second-order valence-electron chi connectivity index (χ2n) is 5.69. The first-order valence-electron chi connectivity index (χ1n) is 7.44. The Morgan fingerprint density at radius 3 is 3.05 bits per heavy atom. The first-order chi connectivity index (χ1) is 10.1. The lowest BCUT2D eigenvalue weighted by Gasteiger charge is -2.28. The van der Waals surface area contributed by atoms with Crippen LogP contribution in [-0.2, 0) is 4.79 Å². The first kappa shape index (κ1) is 15.8. The van der Waals surface area contributed by atoms with Gasteiger partial charge in [0.2, 0.25) is 5.91 Å². The highest BCUT2D eigenvalue weighted by Gasteiger charge is 2.22. The topological polar surface area (TPSA) is 50.4 Å². The molecule has 1 fully saturated rings. The number of halogens is 1. The summed E-state index contributed by atoms with van der Waals surface area (Å²) < 4.78 is 18.2. The minimum Gasteiger partial charge on any atom is -0.494 e. The van der Waals surface area contributed by atoms with Crippen molar-refractivity contribution in [3.8, 4) is 5.75 Å². The van der Waals surface area contributed by atoms with Crippen molar-refractivity contribution in [1.29, 1.82) is 0 Å². The largest absolute Gasteiger partial charge is 0.494 e. The van der Waals surface area contributed by atoms with Crippen molar-refractivity contribution in [2.24, 2.45) is 11.8 Å². The summed E-state index contributed by atoms with van der Waals surface area (Å²) in [4.78, 5) is 12.1. The molecule has 0 aliphatic carbocycles. The molecule has 1 aromatic rings. The van der Waals surface area contributed by atoms with Gasteiger partial charge < -0.3 is 15.4 Å². The van der Waals surface area contributed by atoms with Crippen LogP contribution in [-0.4, -0.2) is 26.1 Å². The summed E-state index contributed by atoms with van der Waals surface area (Å²) in [6.45, 7) is 4.17. The molecule has 0 saturated carbocycles. The van der Waals surface area contributed by atoms with Crippen LogP contribution in [0.25, 0.3) is 0 Å². The van der Waals surface area contributed by atoms with Crippen molar-refractivity contribution in [2.75, 3.05) is 25.5 Å². The second kappa shape index (κ2) is 7.41. The zero-order chi connectivity index (χ0) is 15.2. The maximum absolute atomic E-state index is 13.3. The minimum atomic E-state index is -0.433. The number of carbonyl (C=O) groups excluding carboxylic acids is 1. The Kier molecular flexibility index (Phi) is 5.56. The third kappa shape index (κ3) is 4.43. The van der Waals surface area contributed by atoms with Gasteiger partial charge in [-0.1, -0.05) is 6.92 Å². The highest BCUT2D eigenvalue weighted by molar-refractivity contribution is 5.91. The van der Waals surface area contributed by atoms with E-state index in [9.17, 15) is 9.18 Å². The molecule has 0 bridgehead atoms. The van der Waals surface area contributed by atoms with Crippen molar-refractivity contribution < 1.29 is 13.9 Å². The van der Waals surface area contributed by atoms with Crippen LogP contribution >= 0.6 is 0 Å². The second-order valence-corrected chi connectivity index (χ2v) is 5.69. The number of methoxy groups -OCH3 is 1. The average molecular weight is 294 g/mol. The van der Waals surface area contributed by atoms with E-state index in [0.29, 0.717) is 23.9 Å². The summed E-state index contributed by atoms with van der Waals surface area (Å²) in [5, 5.41) is 6.18. The fourth-order valence-electron chi connectivity index (χ4n) is 2.77. The molecule has 0 radical (unpaired) electrons. The lowest BCUT2D eigenvalue weighted by molar-refractivity contribution is -0.117. The molecule has 2 atom stereocenters. The van der Waals surface area contributed by atoms with Crippen molar-refractivity contribution in [3.63, 3.8) is 0 Å². The van der Waals surface area contributed by atoms with E-state index in [1.54, 1.807) is 6.07 Å². The van der Waals surface area contributed by atoms with Gasteiger partial charge in [-0.25, -0.2) is 4.39 Å². The molecular formula is C16H23FN2O2. The van der Waals surface area contributed by atoms with Gasteiger partial charge in [-0.15, -0.1) is 0 Å². The Balaban J connectivity index is 1.89. The first-order valence-corrected chi connectivity index (χ1v) is 7.44. The third-order valence-electron chi connectivity index (χ3n) is 4.08. The molecule has 0 aromatic heterocycles. The van der Waals surface area contributed by atoms with Crippen molar-refractivity contribution in [1.82, 2.24) is 5.32 Å². The van der Waals surface area contributed by atoms with Crippen LogP contribution in [0, 0.1) is 17.7 Å². The van der Waals surface area contributed by atoms with Gasteiger partial charge in [-0.2, -0.15) is 0 Å². The molecule has 0 spiro atoms. The Bertz CT molecular complexity index is 487. The number of ether oxygens (including phenoxy) is 1. The summed E-state index contributed by atoms with van der Waals surface area (Å²) in [5.41, 5.74) is 0.562. The van der Waals surface area contributed by atoms with Crippen LogP contribution in [0.5, 0.6) is 5.75 Å². The molecule has 1 aromatic carbocycles. The van der Waals surface area contributed by atoms with Crippen molar-refractivity contribution in [2.45, 2.75) is 26.2 Å². The zero-order valence-electron chi connectivity index (χ0n) is 12.6. The molecule has 1 saturated heterocycles. The van der Waals surface area contributed by atoms with Gasteiger partial charge >= 0.3 is 0 Å². The number of piperidine rings is 1. The minimum absolute atomic E-state index is 0.0401. The Labute approximate surface area is 125 Å². The SMILES string of the molecule is COc1cc(NC(=O)CC(C)C2CCCNC2)ccc1F. The van der Waals surface area contributed by atoms with E-state index in [0.717, 1.165) is 13.1 Å². The number of carbonyl (C=O) groups is 1. The van der Waals surface area contributed by atoms with Crippen LogP contribution < -0.4 is 15.4 Å². The van der Waals surface area contributed by atoms with E-state index >= 15 is 0 Å². The Hall–Kier alpha value is -1.62. The summed E-state index contributed by atoms with van der Waals surface area (Å²) in [7, 11) is 1.40. The lowest BCUT2D eigenvalue weighted by Crippen LogP contribution is -2.34. The van der Waals surface area contributed by atoms with E-state index in [2.05, 4.69) is 17.6 Å². The molecule has 116 valence electrons. The van der Waals surface area contributed by atoms with Gasteiger partial charge in [0.25, 0.3) is 0 Å². The molecule has 4 nitrogen and oxygen atoms in total. The summed E-state index contributed by atoms with van der Waals surface area (Å²) in [5.74, 6) is 0.545. The standard InChI is InChI=1S/C16H23FN2O2/c1-11(12-4-3-7-18-10-12)8-16(20)19-13-5-6-14(17)15(9-13)21-2/h5-6,9,11-12,18H,3-4,7-8,10H2,1-2H3,(H,19,20). The Morgan fingerprint density at radius 2 is 2.38 bits per heavy atom. The van der Waals surface area contributed by atoms with Gasteiger partial charge in [0.15, 0.2) is 11.6 Å². The van der Waals surface area contributed by atoms with Crippen LogP contribution in [0.15, 0.2) is 18.2 Å². The average Bonchev–Trinajstić information content (AvgIpc) is 2.50. The Morgan fingerprint density at radius 1 is 1.57 bits per heavy atom. The lowest BCUT2D eigenvalue weighted by atomic mass is 9.85. The zero-order valence-corrected chi connectivity index (χ0v) is 12.6. The van der Waals surface area contributed by atoms with Crippen LogP contribution in [0.1, 0.15) is 26.2 Å². The van der Waals surface area contributed by atoms with Crippen LogP contribution in [0.2, 0.25) is 0 Å². The number of hydrogen-bond acceptors (Lipinski definition) is 3. The molecule has 2 unspecified atom stereocenters. The maximum Gasteiger partial charge on any atom is 0.224 e. The number of benzene rings is 1. The molecule has 1 heterocycles. The van der Waals surface area contributed by atoms with Gasteiger partial charge in [0.1, 0.15) is 0 Å². The molecule has 21 heavy (non-hydrogen) atoms. The van der Waals surface area contributed by atoms with Crippen LogP contribution in [0.3, 0.4) is 0 Å². The molecule has 2 N–H and O–H groups in total. The van der Waals surface area contributed by atoms with Gasteiger partial charge in [-0.3, -0.25) is 4.79 Å². The van der Waals surface area contributed by atoms with Crippen LogP contribution in [0.4, 0.5) is 10.1 Å².